The second kappa shape index (κ2) is 6.37. The molecule has 0 radical (unpaired) electrons. The highest BCUT2D eigenvalue weighted by molar-refractivity contribution is 5.39. The molecule has 2 atom stereocenters. The third-order valence-corrected chi connectivity index (χ3v) is 4.08. The first-order valence-corrected chi connectivity index (χ1v) is 7.06. The highest BCUT2D eigenvalue weighted by Gasteiger charge is 2.24. The lowest BCUT2D eigenvalue weighted by molar-refractivity contribution is 0.0502. The molecule has 1 aromatic rings. The Kier molecular flexibility index (Phi) is 4.80. The Bertz CT molecular complexity index is 393. The Morgan fingerprint density at radius 3 is 2.63 bits per heavy atom. The summed E-state index contributed by atoms with van der Waals surface area (Å²) < 4.78 is 0. The number of aliphatic hydroxyl groups is 1. The van der Waals surface area contributed by atoms with Gasteiger partial charge in [0.1, 0.15) is 0 Å². The van der Waals surface area contributed by atoms with E-state index in [4.69, 9.17) is 5.73 Å². The van der Waals surface area contributed by atoms with Crippen molar-refractivity contribution >= 4 is 5.69 Å². The minimum atomic E-state index is -0.429. The first kappa shape index (κ1) is 14.3. The van der Waals surface area contributed by atoms with Crippen molar-refractivity contribution in [3.8, 4) is 0 Å². The largest absolute Gasteiger partial charge is 0.399 e. The van der Waals surface area contributed by atoms with Crippen molar-refractivity contribution in [2.75, 3.05) is 39.0 Å². The van der Waals surface area contributed by atoms with Crippen LogP contribution < -0.4 is 5.73 Å². The van der Waals surface area contributed by atoms with E-state index in [1.807, 2.05) is 24.3 Å². The fourth-order valence-corrected chi connectivity index (χ4v) is 2.69. The molecule has 19 heavy (non-hydrogen) atoms. The molecular formula is C15H25N3O. The fourth-order valence-electron chi connectivity index (χ4n) is 2.69. The molecule has 0 saturated carbocycles. The molecular weight excluding hydrogens is 238 g/mol. The molecule has 1 heterocycles. The molecule has 0 bridgehead atoms. The van der Waals surface area contributed by atoms with Crippen molar-refractivity contribution < 1.29 is 5.11 Å². The number of benzene rings is 1. The molecule has 1 aliphatic heterocycles. The molecule has 0 aromatic heterocycles. The van der Waals surface area contributed by atoms with E-state index in [0.29, 0.717) is 12.6 Å². The van der Waals surface area contributed by atoms with E-state index in [0.717, 1.165) is 37.3 Å². The molecule has 4 nitrogen and oxygen atoms in total. The topological polar surface area (TPSA) is 52.7 Å². The highest BCUT2D eigenvalue weighted by atomic mass is 16.3. The smallest absolute Gasteiger partial charge is 0.0916 e. The predicted octanol–water partition coefficient (Wildman–Crippen LogP) is 1.33. The van der Waals surface area contributed by atoms with Crippen LogP contribution >= 0.6 is 0 Å². The zero-order valence-electron chi connectivity index (χ0n) is 11.9. The van der Waals surface area contributed by atoms with Gasteiger partial charge < -0.3 is 15.7 Å². The van der Waals surface area contributed by atoms with Crippen LogP contribution in [0.1, 0.15) is 25.0 Å². The van der Waals surface area contributed by atoms with Gasteiger partial charge in [0.15, 0.2) is 0 Å². The van der Waals surface area contributed by atoms with Crippen LogP contribution in [0.25, 0.3) is 0 Å². The van der Waals surface area contributed by atoms with E-state index in [1.165, 1.54) is 0 Å². The van der Waals surface area contributed by atoms with Gasteiger partial charge in [-0.15, -0.1) is 0 Å². The lowest BCUT2D eigenvalue weighted by atomic mass is 10.1. The number of hydrogen-bond acceptors (Lipinski definition) is 4. The van der Waals surface area contributed by atoms with Gasteiger partial charge >= 0.3 is 0 Å². The molecule has 1 aliphatic rings. The number of likely N-dealkylation sites (N-methyl/N-ethyl adjacent to an activating group) is 1. The van der Waals surface area contributed by atoms with Crippen LogP contribution in [-0.4, -0.2) is 54.2 Å². The van der Waals surface area contributed by atoms with E-state index in [1.54, 1.807) is 0 Å². The minimum absolute atomic E-state index is 0.429. The molecule has 1 aromatic carbocycles. The quantitative estimate of drug-likeness (QED) is 0.805. The summed E-state index contributed by atoms with van der Waals surface area (Å²) in [4.78, 5) is 4.77. The van der Waals surface area contributed by atoms with Gasteiger partial charge in [-0.1, -0.05) is 19.1 Å². The summed E-state index contributed by atoms with van der Waals surface area (Å²) in [6.45, 7) is 6.07. The van der Waals surface area contributed by atoms with Crippen LogP contribution in [0.4, 0.5) is 5.69 Å². The third-order valence-electron chi connectivity index (χ3n) is 4.08. The first-order chi connectivity index (χ1) is 9.10. The Morgan fingerprint density at radius 2 is 2.00 bits per heavy atom. The fraction of sp³-hybridized carbons (Fsp3) is 0.600. The van der Waals surface area contributed by atoms with Crippen LogP contribution in [-0.2, 0) is 0 Å². The Balaban J connectivity index is 1.92. The van der Waals surface area contributed by atoms with E-state index in [-0.39, 0.29) is 0 Å². The maximum absolute atomic E-state index is 10.3. The number of rotatable bonds is 4. The van der Waals surface area contributed by atoms with Crippen molar-refractivity contribution in [2.24, 2.45) is 0 Å². The average Bonchev–Trinajstić information content (AvgIpc) is 2.41. The van der Waals surface area contributed by atoms with Crippen LogP contribution in [0.15, 0.2) is 24.3 Å². The zero-order chi connectivity index (χ0) is 13.8. The van der Waals surface area contributed by atoms with Gasteiger partial charge in [0.05, 0.1) is 6.10 Å². The summed E-state index contributed by atoms with van der Waals surface area (Å²) in [5.74, 6) is 0. The maximum atomic E-state index is 10.3. The molecule has 2 unspecified atom stereocenters. The van der Waals surface area contributed by atoms with E-state index >= 15 is 0 Å². The lowest BCUT2D eigenvalue weighted by Crippen LogP contribution is -2.51. The molecule has 1 saturated heterocycles. The van der Waals surface area contributed by atoms with Crippen molar-refractivity contribution in [2.45, 2.75) is 25.5 Å². The maximum Gasteiger partial charge on any atom is 0.0916 e. The van der Waals surface area contributed by atoms with E-state index in [2.05, 4.69) is 23.8 Å². The minimum Gasteiger partial charge on any atom is -0.399 e. The van der Waals surface area contributed by atoms with Crippen LogP contribution in [0, 0.1) is 0 Å². The van der Waals surface area contributed by atoms with Gasteiger partial charge in [0, 0.05) is 37.9 Å². The summed E-state index contributed by atoms with van der Waals surface area (Å²) in [7, 11) is 2.18. The SMILES string of the molecule is CCC1CN(CC(O)c2ccc(N)cc2)CCN1C. The van der Waals surface area contributed by atoms with Gasteiger partial charge in [-0.05, 0) is 31.2 Å². The first-order valence-electron chi connectivity index (χ1n) is 7.06. The molecule has 0 amide bonds. The Morgan fingerprint density at radius 1 is 1.32 bits per heavy atom. The molecule has 1 fully saturated rings. The molecule has 3 N–H and O–H groups in total. The molecule has 106 valence electrons. The Labute approximate surface area is 115 Å². The number of nitrogens with zero attached hydrogens (tertiary/aromatic N) is 2. The molecule has 0 spiro atoms. The summed E-state index contributed by atoms with van der Waals surface area (Å²) >= 11 is 0. The number of β-amino-alcohol motifs (C(OH)–C–C–N with tert-alkyl or cyclic N) is 1. The van der Waals surface area contributed by atoms with Crippen molar-refractivity contribution in [3.63, 3.8) is 0 Å². The van der Waals surface area contributed by atoms with Crippen molar-refractivity contribution in [3.05, 3.63) is 29.8 Å². The summed E-state index contributed by atoms with van der Waals surface area (Å²) in [6.07, 6.45) is 0.729. The number of aliphatic hydroxyl groups excluding tert-OH is 1. The van der Waals surface area contributed by atoms with Gasteiger partial charge in [-0.25, -0.2) is 0 Å². The van der Waals surface area contributed by atoms with Gasteiger partial charge in [0.25, 0.3) is 0 Å². The van der Waals surface area contributed by atoms with Crippen LogP contribution in [0.5, 0.6) is 0 Å². The summed E-state index contributed by atoms with van der Waals surface area (Å²) in [5, 5.41) is 10.3. The molecule has 0 aliphatic carbocycles. The standard InChI is InChI=1S/C15H25N3O/c1-3-14-10-18(9-8-17(14)2)11-15(19)12-4-6-13(16)7-5-12/h4-7,14-15,19H,3,8-11,16H2,1-2H3. The number of hydrogen-bond donors (Lipinski definition) is 2. The van der Waals surface area contributed by atoms with Gasteiger partial charge in [0.2, 0.25) is 0 Å². The van der Waals surface area contributed by atoms with Crippen molar-refractivity contribution in [1.29, 1.82) is 0 Å². The highest BCUT2D eigenvalue weighted by Crippen LogP contribution is 2.18. The second-order valence-corrected chi connectivity index (χ2v) is 5.48. The molecule has 4 heteroatoms. The average molecular weight is 263 g/mol. The Hall–Kier alpha value is -1.10. The van der Waals surface area contributed by atoms with Gasteiger partial charge in [-0.2, -0.15) is 0 Å². The van der Waals surface area contributed by atoms with Gasteiger partial charge in [-0.3, -0.25) is 4.90 Å². The normalized spacial score (nSPS) is 23.4. The molecule has 2 rings (SSSR count). The number of piperazine rings is 1. The second-order valence-electron chi connectivity index (χ2n) is 5.48. The van der Waals surface area contributed by atoms with Crippen LogP contribution in [0.3, 0.4) is 0 Å². The number of nitrogens with two attached hydrogens (primary N) is 1. The monoisotopic (exact) mass is 263 g/mol. The van der Waals surface area contributed by atoms with E-state index in [9.17, 15) is 5.11 Å². The predicted molar refractivity (Wildman–Crippen MR) is 79.0 cm³/mol. The zero-order valence-corrected chi connectivity index (χ0v) is 11.9. The third kappa shape index (κ3) is 3.69. The van der Waals surface area contributed by atoms with E-state index < -0.39 is 6.10 Å². The number of nitrogen functional groups attached to an aromatic ring is 1. The lowest BCUT2D eigenvalue weighted by Gasteiger charge is -2.39. The van der Waals surface area contributed by atoms with Crippen molar-refractivity contribution in [1.82, 2.24) is 9.80 Å². The summed E-state index contributed by atoms with van der Waals surface area (Å²) in [6, 6.07) is 8.11. The number of anilines is 1. The van der Waals surface area contributed by atoms with Crippen LogP contribution in [0.2, 0.25) is 0 Å². The summed E-state index contributed by atoms with van der Waals surface area (Å²) in [5.41, 5.74) is 7.35.